The van der Waals surface area contributed by atoms with Crippen molar-refractivity contribution in [3.8, 4) is 24.2 Å². The van der Waals surface area contributed by atoms with E-state index in [0.717, 1.165) is 32.1 Å². The molecule has 24 heteroatoms. The Morgan fingerprint density at radius 3 is 1.57 bits per heavy atom. The lowest BCUT2D eigenvalue weighted by molar-refractivity contribution is -0.125. The van der Waals surface area contributed by atoms with E-state index in [4.69, 9.17) is 17.9 Å². The number of primary amides is 2. The average molecular weight is 1070 g/mol. The second-order valence-corrected chi connectivity index (χ2v) is 17.9. The molecule has 376 valence electrons. The van der Waals surface area contributed by atoms with E-state index in [-0.39, 0.29) is 87.0 Å². The van der Waals surface area contributed by atoms with Crippen molar-refractivity contribution in [2.24, 2.45) is 11.5 Å². The number of hydrogen-bond acceptors (Lipinski definition) is 10. The van der Waals surface area contributed by atoms with Gasteiger partial charge in [0, 0.05) is 52.4 Å². The van der Waals surface area contributed by atoms with Gasteiger partial charge in [-0.15, -0.1) is 6.42 Å². The highest BCUT2D eigenvalue weighted by atomic mass is 79.9. The van der Waals surface area contributed by atoms with Crippen LogP contribution >= 0.6 is 29.4 Å². The first-order chi connectivity index (χ1) is 34.0. The third kappa shape index (κ3) is 10.0. The topological polar surface area (TPSA) is 222 Å². The zero-order valence-electron chi connectivity index (χ0n) is 39.0. The molecule has 2 atom stereocenters. The zero-order valence-corrected chi connectivity index (χ0v) is 41.6. The van der Waals surface area contributed by atoms with Crippen LogP contribution in [-0.2, 0) is 9.59 Å². The molecule has 2 aliphatic carbocycles. The minimum absolute atomic E-state index is 0. The number of rotatable bonds is 10. The predicted molar refractivity (Wildman–Crippen MR) is 269 cm³/mol. The smallest absolute Gasteiger partial charge is 0.255 e. The number of benzene rings is 2. The van der Waals surface area contributed by atoms with Crippen molar-refractivity contribution in [1.29, 1.82) is 0 Å². The fraction of sp³-hybridized carbons (Fsp3) is 0.333. The number of amides is 4. The van der Waals surface area contributed by atoms with Crippen molar-refractivity contribution in [1.82, 2.24) is 48.5 Å². The van der Waals surface area contributed by atoms with E-state index >= 15 is 0 Å². The van der Waals surface area contributed by atoms with Crippen LogP contribution < -0.4 is 22.1 Å². The van der Waals surface area contributed by atoms with Crippen LogP contribution in [0.3, 0.4) is 0 Å². The van der Waals surface area contributed by atoms with E-state index in [9.17, 15) is 36.7 Å². The number of fused-ring (bicyclic) bond motifs is 2. The lowest BCUT2D eigenvalue weighted by Gasteiger charge is -2.16. The van der Waals surface area contributed by atoms with E-state index in [2.05, 4.69) is 77.6 Å². The second kappa shape index (κ2) is 21.4. The molecule has 0 radical (unpaired) electrons. The van der Waals surface area contributed by atoms with Gasteiger partial charge in [-0.2, -0.15) is 23.7 Å². The van der Waals surface area contributed by atoms with Gasteiger partial charge >= 0.3 is 0 Å². The number of aromatic nitrogens is 8. The van der Waals surface area contributed by atoms with Gasteiger partial charge in [0.15, 0.2) is 29.0 Å². The molecule has 18 nitrogen and oxygen atoms in total. The van der Waals surface area contributed by atoms with Crippen molar-refractivity contribution < 1.29 is 36.7 Å². The first-order valence-electron chi connectivity index (χ1n) is 22.4. The number of nitrogens with one attached hydrogen (secondary N) is 2. The third-order valence-electron chi connectivity index (χ3n) is 12.5. The summed E-state index contributed by atoms with van der Waals surface area (Å²) in [5.41, 5.74) is 12.4. The van der Waals surface area contributed by atoms with Gasteiger partial charge in [0.05, 0.1) is 45.8 Å². The van der Waals surface area contributed by atoms with Crippen LogP contribution in [0, 0.1) is 47.5 Å². The van der Waals surface area contributed by atoms with Gasteiger partial charge in [-0.05, 0) is 90.6 Å². The Bertz CT molecular complexity index is 3280. The second-order valence-electron chi connectivity index (χ2n) is 17.1. The summed E-state index contributed by atoms with van der Waals surface area (Å²) in [5.74, 6) is 3.00. The normalized spacial score (nSPS) is 16.9. The van der Waals surface area contributed by atoms with Crippen molar-refractivity contribution in [2.45, 2.75) is 62.7 Å². The molecule has 4 amide bonds. The molecule has 0 bridgehead atoms. The molecular formula is C48H49BrF4N14O4S. The van der Waals surface area contributed by atoms with Crippen LogP contribution in [0.15, 0.2) is 54.6 Å². The summed E-state index contributed by atoms with van der Waals surface area (Å²) in [6, 6.07) is 3.04. The molecule has 2 saturated heterocycles. The van der Waals surface area contributed by atoms with E-state index in [1.54, 1.807) is 48.7 Å². The molecule has 10 rings (SSSR count). The van der Waals surface area contributed by atoms with Crippen LogP contribution in [0.1, 0.15) is 100 Å². The molecule has 2 saturated carbocycles. The number of carbonyl (C=O) groups excluding carboxylic acids is 4. The van der Waals surface area contributed by atoms with Crippen LogP contribution in [0.25, 0.3) is 22.1 Å². The lowest BCUT2D eigenvalue weighted by Crippen LogP contribution is -2.27. The summed E-state index contributed by atoms with van der Waals surface area (Å²) in [4.78, 5) is 59.0. The quantitative estimate of drug-likeness (QED) is 0.0556. The molecule has 4 fully saturated rings. The molecule has 2 aliphatic heterocycles. The van der Waals surface area contributed by atoms with E-state index in [1.165, 1.54) is 30.6 Å². The van der Waals surface area contributed by atoms with Gasteiger partial charge in [-0.3, -0.25) is 19.2 Å². The van der Waals surface area contributed by atoms with Crippen LogP contribution in [0.5, 0.6) is 0 Å². The average Bonchev–Trinajstić information content (AvgIpc) is 3.92. The molecule has 6 heterocycles. The van der Waals surface area contributed by atoms with Crippen LogP contribution in [0.2, 0.25) is 0 Å². The summed E-state index contributed by atoms with van der Waals surface area (Å²) in [7, 11) is 3.28. The van der Waals surface area contributed by atoms with E-state index in [1.807, 2.05) is 0 Å². The van der Waals surface area contributed by atoms with Crippen molar-refractivity contribution >= 4 is 86.8 Å². The summed E-state index contributed by atoms with van der Waals surface area (Å²) >= 11 is 2.96. The van der Waals surface area contributed by atoms with Crippen molar-refractivity contribution in [3.05, 3.63) is 106 Å². The molecule has 6 N–H and O–H groups in total. The van der Waals surface area contributed by atoms with Gasteiger partial charge in [0.1, 0.15) is 39.5 Å². The Kier molecular flexibility index (Phi) is 15.5. The maximum Gasteiger partial charge on any atom is 0.255 e. The maximum absolute atomic E-state index is 14.9. The summed E-state index contributed by atoms with van der Waals surface area (Å²) in [5, 5.41) is 14.6. The number of imidazole rings is 2. The fourth-order valence-electron chi connectivity index (χ4n) is 8.78. The first kappa shape index (κ1) is 52.3. The van der Waals surface area contributed by atoms with Gasteiger partial charge < -0.3 is 41.0 Å². The lowest BCUT2D eigenvalue weighted by atomic mass is 10.1. The number of terminal acetylenes is 1. The Hall–Kier alpha value is -7.57. The summed E-state index contributed by atoms with van der Waals surface area (Å²) in [6.07, 6.45) is 16.2. The Labute approximate surface area is 425 Å². The SMILES string of the molecule is C#Cc1nn([C@H]2CCN(C(=O)C=C)C2)c(NC)c1C(N)=O.C=CC(=O)N1CC[C@H](n2nc(C#Cc3cc4ncn(C5CC5)c4c(F)c3F)c(C(N)=O)c2NC)C1.Fc1c(Br)cc2ncn(C3CC3)c2c1F.S. The predicted octanol–water partition coefficient (Wildman–Crippen LogP) is 5.83. The van der Waals surface area contributed by atoms with E-state index < -0.39 is 35.1 Å². The number of anilines is 2. The highest BCUT2D eigenvalue weighted by molar-refractivity contribution is 9.10. The van der Waals surface area contributed by atoms with Crippen LogP contribution in [-0.4, -0.2) is 112 Å². The molecule has 4 aromatic heterocycles. The summed E-state index contributed by atoms with van der Waals surface area (Å²) < 4.78 is 63.5. The van der Waals surface area contributed by atoms with Crippen molar-refractivity contribution in [3.63, 3.8) is 0 Å². The fourth-order valence-corrected chi connectivity index (χ4v) is 9.17. The maximum atomic E-state index is 14.9. The van der Waals surface area contributed by atoms with Gasteiger partial charge in [0.25, 0.3) is 11.8 Å². The minimum Gasteiger partial charge on any atom is -0.373 e. The summed E-state index contributed by atoms with van der Waals surface area (Å²) in [6.45, 7) is 8.95. The number of nitrogens with zero attached hydrogens (tertiary/aromatic N) is 10. The molecule has 0 spiro atoms. The standard InChI is InChI=1S/C24H23F2N7O2.C14H17N5O2.C10H7BrF2N2.H2S/c1-3-18(34)31-9-8-15(11-31)33-24(28-2)19(23(27)35)16(30-33)7-4-13-10-17-22(21(26)20(13)25)32(12-29-17)14-5-6-14;1-4-10-12(13(15)21)14(16-3)19(17-10)9-6-7-18(8-9)11(20)5-2;11-6-3-7-10(9(13)8(6)12)15(4-14-7)5-1-2-5;/h3,10,12,14-15,28H,1,5-6,8-9,11H2,2H3,(H2,27,35);1,5,9,16H,2,6-8H2,3H3,(H2,15,21);3-5H,1-2H2;1H2/t15-;9-;;/m00../s1. The number of hydrogen-bond donors (Lipinski definition) is 4. The Morgan fingerprint density at radius 2 is 1.14 bits per heavy atom. The minimum atomic E-state index is -1.09. The zero-order chi connectivity index (χ0) is 51.0. The third-order valence-corrected chi connectivity index (χ3v) is 13.1. The van der Waals surface area contributed by atoms with Gasteiger partial charge in [-0.1, -0.05) is 19.1 Å². The Balaban J connectivity index is 0.000000174. The first-order valence-corrected chi connectivity index (χ1v) is 23.2. The molecule has 6 aromatic rings. The molecule has 2 aromatic carbocycles. The van der Waals surface area contributed by atoms with E-state index in [0.29, 0.717) is 61.3 Å². The largest absolute Gasteiger partial charge is 0.373 e. The highest BCUT2D eigenvalue weighted by Gasteiger charge is 2.34. The Morgan fingerprint density at radius 1 is 0.694 bits per heavy atom. The molecule has 0 unspecified atom stereocenters. The monoisotopic (exact) mass is 1070 g/mol. The number of nitrogens with two attached hydrogens (primary N) is 2. The van der Waals surface area contributed by atoms with Gasteiger partial charge in [0.2, 0.25) is 11.8 Å². The molecule has 4 aliphatic rings. The molecular weight excluding hydrogens is 1020 g/mol. The number of halogens is 5. The number of likely N-dealkylation sites (tertiary alicyclic amines) is 2. The molecule has 72 heavy (non-hydrogen) atoms. The van der Waals surface area contributed by atoms with Crippen LogP contribution in [0.4, 0.5) is 29.2 Å². The van der Waals surface area contributed by atoms with Crippen molar-refractivity contribution in [2.75, 3.05) is 50.9 Å². The van der Waals surface area contributed by atoms with Gasteiger partial charge in [-0.25, -0.2) is 36.9 Å². The highest BCUT2D eigenvalue weighted by Crippen LogP contribution is 2.40. The number of carbonyl (C=O) groups is 4.